The molecule has 0 saturated carbocycles. The van der Waals surface area contributed by atoms with Crippen LogP contribution in [-0.4, -0.2) is 98.6 Å². The van der Waals surface area contributed by atoms with E-state index in [4.69, 9.17) is 4.43 Å². The molecule has 2 unspecified atom stereocenters. The molecule has 9 nitrogen and oxygen atoms in total. The van der Waals surface area contributed by atoms with Gasteiger partial charge in [-0.3, -0.25) is 19.2 Å². The lowest BCUT2D eigenvalue weighted by Gasteiger charge is -2.34. The molecule has 0 aromatic rings. The van der Waals surface area contributed by atoms with Crippen LogP contribution in [0.15, 0.2) is 0 Å². The Bertz CT molecular complexity index is 844. The molecule has 2 heterocycles. The number of unbranched alkanes of at least 4 members (excludes halogenated alkanes) is 2. The summed E-state index contributed by atoms with van der Waals surface area (Å²) in [5.74, 6) is -0.0206. The minimum absolute atomic E-state index is 0.00148. The molecule has 39 heavy (non-hydrogen) atoms. The van der Waals surface area contributed by atoms with Crippen molar-refractivity contribution in [2.24, 2.45) is 5.41 Å². The molecule has 0 radical (unpaired) electrons. The molecule has 0 aliphatic carbocycles. The summed E-state index contributed by atoms with van der Waals surface area (Å²) in [5.41, 5.74) is -0.535. The molecule has 4 amide bonds. The van der Waals surface area contributed by atoms with E-state index in [-0.39, 0.29) is 23.6 Å². The van der Waals surface area contributed by atoms with Gasteiger partial charge in [0.25, 0.3) is 0 Å². The predicted molar refractivity (Wildman–Crippen MR) is 157 cm³/mol. The first-order valence-electron chi connectivity index (χ1n) is 15.1. The summed E-state index contributed by atoms with van der Waals surface area (Å²) < 4.78 is 5.83. The third-order valence-corrected chi connectivity index (χ3v) is 10.5. The first-order chi connectivity index (χ1) is 18.3. The highest BCUT2D eigenvalue weighted by Crippen LogP contribution is 2.29. The Labute approximate surface area is 237 Å². The second-order valence-corrected chi connectivity index (χ2v) is 17.1. The Morgan fingerprint density at radius 1 is 0.949 bits per heavy atom. The number of hydrogen-bond acceptors (Lipinski definition) is 5. The number of hydrogen-bond donors (Lipinski definition) is 1. The van der Waals surface area contributed by atoms with E-state index in [1.165, 1.54) is 0 Å². The topological polar surface area (TPSA) is 99.3 Å². The maximum absolute atomic E-state index is 13.5. The monoisotopic (exact) mass is 566 g/mol. The summed E-state index contributed by atoms with van der Waals surface area (Å²) in [6.45, 7) is 15.3. The van der Waals surface area contributed by atoms with E-state index in [0.29, 0.717) is 45.4 Å². The fraction of sp³-hybridized carbons (Fsp3) is 0.862. The standard InChI is InChI=1S/C29H54N4O5Si/c1-8-38-39(6,7)22-14-18-30-25(34)17-10-9-11-19-31(5)26(35)23-15-12-20-32(23)27(36)24-16-13-21-33(24)28(37)29(2,3)4/h23-24H,8-22H2,1-7H3,(H,30,34). The van der Waals surface area contributed by atoms with E-state index in [9.17, 15) is 19.2 Å². The van der Waals surface area contributed by atoms with Gasteiger partial charge in [-0.15, -0.1) is 0 Å². The second-order valence-electron chi connectivity index (χ2n) is 12.8. The van der Waals surface area contributed by atoms with Crippen LogP contribution in [-0.2, 0) is 23.6 Å². The molecule has 224 valence electrons. The van der Waals surface area contributed by atoms with Crippen LogP contribution >= 0.6 is 0 Å². The Morgan fingerprint density at radius 2 is 1.59 bits per heavy atom. The van der Waals surface area contributed by atoms with Gasteiger partial charge in [-0.1, -0.05) is 27.2 Å². The molecule has 2 fully saturated rings. The zero-order chi connectivity index (χ0) is 29.2. The maximum atomic E-state index is 13.5. The van der Waals surface area contributed by atoms with Crippen molar-refractivity contribution in [2.75, 3.05) is 39.8 Å². The zero-order valence-corrected chi connectivity index (χ0v) is 26.6. The average Bonchev–Trinajstić information content (AvgIpc) is 3.54. The summed E-state index contributed by atoms with van der Waals surface area (Å²) in [7, 11) is 0.205. The number of likely N-dealkylation sites (tertiary alicyclic amines) is 2. The molecule has 1 N–H and O–H groups in total. The van der Waals surface area contributed by atoms with E-state index in [2.05, 4.69) is 18.4 Å². The quantitative estimate of drug-likeness (QED) is 0.255. The van der Waals surface area contributed by atoms with Crippen molar-refractivity contribution in [3.63, 3.8) is 0 Å². The molecule has 0 aromatic carbocycles. The molecular weight excluding hydrogens is 512 g/mol. The van der Waals surface area contributed by atoms with Gasteiger partial charge < -0.3 is 24.4 Å². The van der Waals surface area contributed by atoms with Gasteiger partial charge in [0.2, 0.25) is 23.6 Å². The third kappa shape index (κ3) is 10.2. The van der Waals surface area contributed by atoms with Gasteiger partial charge in [0.15, 0.2) is 8.32 Å². The lowest BCUT2D eigenvalue weighted by atomic mass is 9.94. The molecule has 0 spiro atoms. The van der Waals surface area contributed by atoms with E-state index >= 15 is 0 Å². The highest BCUT2D eigenvalue weighted by atomic mass is 28.4. The Morgan fingerprint density at radius 3 is 2.23 bits per heavy atom. The summed E-state index contributed by atoms with van der Waals surface area (Å²) in [5, 5.41) is 3.01. The number of likely N-dealkylation sites (N-methyl/N-ethyl adjacent to an activating group) is 1. The third-order valence-electron chi connectivity index (χ3n) is 7.85. The van der Waals surface area contributed by atoms with E-state index in [0.717, 1.165) is 51.2 Å². The highest BCUT2D eigenvalue weighted by molar-refractivity contribution is 6.71. The van der Waals surface area contributed by atoms with Crippen LogP contribution in [0.2, 0.25) is 19.1 Å². The molecule has 2 aliphatic rings. The normalized spacial score (nSPS) is 19.9. The molecule has 10 heteroatoms. The van der Waals surface area contributed by atoms with Gasteiger partial charge in [0.05, 0.1) is 0 Å². The van der Waals surface area contributed by atoms with Crippen LogP contribution in [0.5, 0.6) is 0 Å². The van der Waals surface area contributed by atoms with E-state index < -0.39 is 25.8 Å². The number of nitrogens with one attached hydrogen (secondary N) is 1. The SMILES string of the molecule is CCO[Si](C)(C)CCCNC(=O)CCCCCN(C)C(=O)C1CCCN1C(=O)C1CCCN1C(=O)C(C)(C)C. The Balaban J connectivity index is 1.72. The number of rotatable bonds is 14. The minimum atomic E-state index is -1.59. The van der Waals surface area contributed by atoms with E-state index in [1.807, 2.05) is 27.7 Å². The molecule has 0 bridgehead atoms. The number of carbonyl (C=O) groups excluding carboxylic acids is 4. The van der Waals surface area contributed by atoms with Crippen molar-refractivity contribution < 1.29 is 23.6 Å². The van der Waals surface area contributed by atoms with Crippen molar-refractivity contribution in [3.8, 4) is 0 Å². The molecule has 2 rings (SSSR count). The van der Waals surface area contributed by atoms with Gasteiger partial charge in [-0.25, -0.2) is 0 Å². The van der Waals surface area contributed by atoms with Crippen molar-refractivity contribution in [1.82, 2.24) is 20.0 Å². The predicted octanol–water partition coefficient (Wildman–Crippen LogP) is 3.78. The van der Waals surface area contributed by atoms with Crippen molar-refractivity contribution in [2.45, 2.75) is 117 Å². The lowest BCUT2D eigenvalue weighted by molar-refractivity contribution is -0.151. The van der Waals surface area contributed by atoms with Gasteiger partial charge in [0.1, 0.15) is 12.1 Å². The van der Waals surface area contributed by atoms with E-state index in [1.54, 1.807) is 21.7 Å². The van der Waals surface area contributed by atoms with Crippen LogP contribution in [0.4, 0.5) is 0 Å². The van der Waals surface area contributed by atoms with Gasteiger partial charge in [0, 0.05) is 51.7 Å². The van der Waals surface area contributed by atoms with Crippen LogP contribution in [0, 0.1) is 5.41 Å². The highest BCUT2D eigenvalue weighted by Gasteiger charge is 2.44. The Hall–Kier alpha value is -1.94. The van der Waals surface area contributed by atoms with Gasteiger partial charge in [-0.05, 0) is 71.0 Å². The minimum Gasteiger partial charge on any atom is -0.418 e. The first-order valence-corrected chi connectivity index (χ1v) is 18.2. The average molecular weight is 567 g/mol. The number of amides is 4. The van der Waals surface area contributed by atoms with Gasteiger partial charge in [-0.2, -0.15) is 0 Å². The summed E-state index contributed by atoms with van der Waals surface area (Å²) in [6.07, 6.45) is 6.88. The van der Waals surface area contributed by atoms with Crippen LogP contribution in [0.1, 0.15) is 85.5 Å². The fourth-order valence-electron chi connectivity index (χ4n) is 5.65. The summed E-state index contributed by atoms with van der Waals surface area (Å²) in [6, 6.07) is 0.135. The fourth-order valence-corrected chi connectivity index (χ4v) is 7.60. The van der Waals surface area contributed by atoms with Crippen LogP contribution < -0.4 is 5.32 Å². The van der Waals surface area contributed by atoms with Crippen LogP contribution in [0.25, 0.3) is 0 Å². The molecule has 0 aromatic heterocycles. The second kappa shape index (κ2) is 15.2. The first kappa shape index (κ1) is 33.3. The zero-order valence-electron chi connectivity index (χ0n) is 25.6. The van der Waals surface area contributed by atoms with Crippen molar-refractivity contribution >= 4 is 31.9 Å². The Kier molecular flexibility index (Phi) is 12.9. The summed E-state index contributed by atoms with van der Waals surface area (Å²) in [4.78, 5) is 57.0. The molecule has 2 atom stereocenters. The largest absolute Gasteiger partial charge is 0.418 e. The van der Waals surface area contributed by atoms with Crippen molar-refractivity contribution in [3.05, 3.63) is 0 Å². The lowest BCUT2D eigenvalue weighted by Crippen LogP contribution is -2.54. The molecule has 2 saturated heterocycles. The maximum Gasteiger partial charge on any atom is 0.246 e. The van der Waals surface area contributed by atoms with Gasteiger partial charge >= 0.3 is 0 Å². The van der Waals surface area contributed by atoms with Crippen LogP contribution in [0.3, 0.4) is 0 Å². The summed E-state index contributed by atoms with van der Waals surface area (Å²) >= 11 is 0. The number of nitrogens with zero attached hydrogens (tertiary/aromatic N) is 3. The van der Waals surface area contributed by atoms with Crippen molar-refractivity contribution in [1.29, 1.82) is 0 Å². The number of carbonyl (C=O) groups is 4. The molecule has 2 aliphatic heterocycles. The smallest absolute Gasteiger partial charge is 0.246 e. The molecular formula is C29H54N4O5Si.